The van der Waals surface area contributed by atoms with Crippen LogP contribution in [0, 0.1) is 0 Å². The summed E-state index contributed by atoms with van der Waals surface area (Å²) in [5.74, 6) is 0.246. The zero-order valence-electron chi connectivity index (χ0n) is 17.4. The van der Waals surface area contributed by atoms with E-state index in [1.54, 1.807) is 11.3 Å². The SMILES string of the molecule is O=C(NCc1csc2ccccc12)c1ccccc1SCC(=O)N1CCc2ccccc21. The Balaban J connectivity index is 1.25. The molecule has 0 atom stereocenters. The summed E-state index contributed by atoms with van der Waals surface area (Å²) in [5.41, 5.74) is 3.94. The summed E-state index contributed by atoms with van der Waals surface area (Å²) in [5, 5.41) is 6.32. The number of para-hydroxylation sites is 1. The maximum absolute atomic E-state index is 12.9. The van der Waals surface area contributed by atoms with E-state index in [9.17, 15) is 9.59 Å². The Morgan fingerprint density at radius 3 is 2.69 bits per heavy atom. The van der Waals surface area contributed by atoms with Gasteiger partial charge in [0.2, 0.25) is 5.91 Å². The van der Waals surface area contributed by atoms with Gasteiger partial charge in [-0.15, -0.1) is 23.1 Å². The lowest BCUT2D eigenvalue weighted by Gasteiger charge is -2.17. The summed E-state index contributed by atoms with van der Waals surface area (Å²) in [6.45, 7) is 1.20. The minimum Gasteiger partial charge on any atom is -0.348 e. The van der Waals surface area contributed by atoms with Crippen LogP contribution in [0.1, 0.15) is 21.5 Å². The third kappa shape index (κ3) is 4.16. The first-order chi connectivity index (χ1) is 15.7. The Morgan fingerprint density at radius 2 is 1.75 bits per heavy atom. The Morgan fingerprint density at radius 1 is 0.969 bits per heavy atom. The quantitative estimate of drug-likeness (QED) is 0.388. The molecule has 1 aliphatic rings. The van der Waals surface area contributed by atoms with Gasteiger partial charge in [-0.25, -0.2) is 0 Å². The third-order valence-electron chi connectivity index (χ3n) is 5.67. The van der Waals surface area contributed by atoms with Crippen molar-refractivity contribution in [1.82, 2.24) is 5.32 Å². The Kier molecular flexibility index (Phi) is 5.97. The summed E-state index contributed by atoms with van der Waals surface area (Å²) in [6, 6.07) is 23.8. The minimum absolute atomic E-state index is 0.0694. The number of hydrogen-bond acceptors (Lipinski definition) is 4. The smallest absolute Gasteiger partial charge is 0.252 e. The van der Waals surface area contributed by atoms with Crippen molar-refractivity contribution >= 4 is 50.7 Å². The molecular formula is C26H22N2O2S2. The number of fused-ring (bicyclic) bond motifs is 2. The second kappa shape index (κ2) is 9.18. The first-order valence-electron chi connectivity index (χ1n) is 10.5. The highest BCUT2D eigenvalue weighted by Gasteiger charge is 2.24. The highest BCUT2D eigenvalue weighted by atomic mass is 32.2. The third-order valence-corrected chi connectivity index (χ3v) is 7.74. The second-order valence-corrected chi connectivity index (χ2v) is 9.58. The number of thioether (sulfide) groups is 1. The van der Waals surface area contributed by atoms with Crippen LogP contribution in [-0.2, 0) is 17.8 Å². The molecule has 2 amide bonds. The number of carbonyl (C=O) groups is 2. The van der Waals surface area contributed by atoms with Crippen molar-refractivity contribution in [3.05, 3.63) is 94.9 Å². The largest absolute Gasteiger partial charge is 0.348 e. The number of hydrogen-bond donors (Lipinski definition) is 1. The highest BCUT2D eigenvalue weighted by Crippen LogP contribution is 2.30. The van der Waals surface area contributed by atoms with Crippen molar-refractivity contribution in [3.63, 3.8) is 0 Å². The topological polar surface area (TPSA) is 49.4 Å². The molecule has 32 heavy (non-hydrogen) atoms. The molecule has 0 bridgehead atoms. The van der Waals surface area contributed by atoms with Gasteiger partial charge in [-0.1, -0.05) is 48.5 Å². The van der Waals surface area contributed by atoms with E-state index in [0.29, 0.717) is 17.9 Å². The molecular weight excluding hydrogens is 436 g/mol. The van der Waals surface area contributed by atoms with E-state index in [4.69, 9.17) is 0 Å². The van der Waals surface area contributed by atoms with Gasteiger partial charge in [-0.05, 0) is 52.6 Å². The lowest BCUT2D eigenvalue weighted by Crippen LogP contribution is -2.30. The molecule has 5 rings (SSSR count). The molecule has 160 valence electrons. The van der Waals surface area contributed by atoms with Crippen LogP contribution in [-0.4, -0.2) is 24.1 Å². The zero-order valence-corrected chi connectivity index (χ0v) is 19.0. The molecule has 4 aromatic rings. The van der Waals surface area contributed by atoms with Crippen LogP contribution in [0.25, 0.3) is 10.1 Å². The van der Waals surface area contributed by atoms with E-state index in [-0.39, 0.29) is 11.8 Å². The molecule has 1 N–H and O–H groups in total. The molecule has 0 aliphatic carbocycles. The zero-order chi connectivity index (χ0) is 21.9. The molecule has 4 nitrogen and oxygen atoms in total. The van der Waals surface area contributed by atoms with Crippen molar-refractivity contribution in [1.29, 1.82) is 0 Å². The van der Waals surface area contributed by atoms with Gasteiger partial charge in [0, 0.05) is 28.4 Å². The second-order valence-electron chi connectivity index (χ2n) is 7.65. The normalized spacial score (nSPS) is 12.7. The predicted octanol–water partition coefficient (Wildman–Crippen LogP) is 5.51. The van der Waals surface area contributed by atoms with Crippen molar-refractivity contribution in [2.75, 3.05) is 17.2 Å². The van der Waals surface area contributed by atoms with Crippen molar-refractivity contribution in [3.8, 4) is 0 Å². The summed E-state index contributed by atoms with van der Waals surface area (Å²) >= 11 is 3.11. The maximum atomic E-state index is 12.9. The van der Waals surface area contributed by atoms with Crippen LogP contribution < -0.4 is 10.2 Å². The maximum Gasteiger partial charge on any atom is 0.252 e. The lowest BCUT2D eigenvalue weighted by molar-refractivity contribution is -0.116. The fraction of sp³-hybridized carbons (Fsp3) is 0.154. The molecule has 0 fully saturated rings. The standard InChI is InChI=1S/C26H22N2O2S2/c29-25(28-14-13-18-7-1-4-10-22(18)28)17-32-24-12-6-3-9-21(24)26(30)27-15-19-16-31-23-11-5-2-8-20(19)23/h1-12,16H,13-15,17H2,(H,27,30). The summed E-state index contributed by atoms with van der Waals surface area (Å²) < 4.78 is 1.22. The molecule has 0 radical (unpaired) electrons. The molecule has 0 spiro atoms. The molecule has 1 aliphatic heterocycles. The fourth-order valence-corrected chi connectivity index (χ4v) is 5.92. The van der Waals surface area contributed by atoms with Gasteiger partial charge in [0.25, 0.3) is 5.91 Å². The van der Waals surface area contributed by atoms with Gasteiger partial charge in [0.15, 0.2) is 0 Å². The van der Waals surface area contributed by atoms with Gasteiger partial charge in [0.05, 0.1) is 11.3 Å². The average Bonchev–Trinajstić information content (AvgIpc) is 3.45. The molecule has 6 heteroatoms. The predicted molar refractivity (Wildman–Crippen MR) is 133 cm³/mol. The first kappa shape index (κ1) is 20.8. The number of anilines is 1. The highest BCUT2D eigenvalue weighted by molar-refractivity contribution is 8.00. The van der Waals surface area contributed by atoms with Gasteiger partial charge in [-0.3, -0.25) is 9.59 Å². The molecule has 3 aromatic carbocycles. The van der Waals surface area contributed by atoms with E-state index in [1.165, 1.54) is 27.4 Å². The number of amides is 2. The summed E-state index contributed by atoms with van der Waals surface area (Å²) in [6.07, 6.45) is 0.892. The molecule has 0 unspecified atom stereocenters. The molecule has 0 saturated heterocycles. The van der Waals surface area contributed by atoms with Crippen molar-refractivity contribution < 1.29 is 9.59 Å². The first-order valence-corrected chi connectivity index (χ1v) is 12.4. The van der Waals surface area contributed by atoms with Crippen LogP contribution in [0.3, 0.4) is 0 Å². The van der Waals surface area contributed by atoms with Crippen molar-refractivity contribution in [2.24, 2.45) is 0 Å². The van der Waals surface area contributed by atoms with Crippen molar-refractivity contribution in [2.45, 2.75) is 17.9 Å². The number of thiophene rings is 1. The van der Waals surface area contributed by atoms with E-state index < -0.39 is 0 Å². The van der Waals surface area contributed by atoms with Gasteiger partial charge in [-0.2, -0.15) is 0 Å². The average molecular weight is 459 g/mol. The summed E-state index contributed by atoms with van der Waals surface area (Å²) in [4.78, 5) is 28.5. The van der Waals surface area contributed by atoms with E-state index >= 15 is 0 Å². The van der Waals surface area contributed by atoms with E-state index in [1.807, 2.05) is 59.5 Å². The summed E-state index contributed by atoms with van der Waals surface area (Å²) in [7, 11) is 0. The van der Waals surface area contributed by atoms with Gasteiger partial charge < -0.3 is 10.2 Å². The van der Waals surface area contributed by atoms with E-state index in [2.05, 4.69) is 28.9 Å². The Labute approximate surface area is 195 Å². The number of nitrogens with zero attached hydrogens (tertiary/aromatic N) is 1. The molecule has 0 saturated carbocycles. The minimum atomic E-state index is -0.123. The Bertz CT molecular complexity index is 1300. The van der Waals surface area contributed by atoms with Crippen LogP contribution in [0.5, 0.6) is 0 Å². The van der Waals surface area contributed by atoms with Crippen LogP contribution in [0.15, 0.2) is 83.1 Å². The molecule has 2 heterocycles. The number of carbonyl (C=O) groups excluding carboxylic acids is 2. The van der Waals surface area contributed by atoms with Gasteiger partial charge >= 0.3 is 0 Å². The number of nitrogens with one attached hydrogen (secondary N) is 1. The van der Waals surface area contributed by atoms with Gasteiger partial charge in [0.1, 0.15) is 0 Å². The Hall–Kier alpha value is -3.09. The monoisotopic (exact) mass is 458 g/mol. The van der Waals surface area contributed by atoms with E-state index in [0.717, 1.165) is 29.1 Å². The van der Waals surface area contributed by atoms with Crippen LogP contribution in [0.4, 0.5) is 5.69 Å². The molecule has 1 aromatic heterocycles. The fourth-order valence-electron chi connectivity index (χ4n) is 4.04. The van der Waals surface area contributed by atoms with Crippen LogP contribution >= 0.6 is 23.1 Å². The number of benzene rings is 3. The number of rotatable bonds is 6. The lowest BCUT2D eigenvalue weighted by atomic mass is 10.1. The van der Waals surface area contributed by atoms with Crippen LogP contribution in [0.2, 0.25) is 0 Å².